The summed E-state index contributed by atoms with van der Waals surface area (Å²) >= 11 is 0. The summed E-state index contributed by atoms with van der Waals surface area (Å²) in [4.78, 5) is 22.6. The number of hydrogen-bond acceptors (Lipinski definition) is 3. The third-order valence-electron chi connectivity index (χ3n) is 2.54. The lowest BCUT2D eigenvalue weighted by atomic mass is 9.83. The Morgan fingerprint density at radius 3 is 2.24 bits per heavy atom. The minimum Gasteiger partial charge on any atom is -0.479 e. The molecule has 0 rings (SSSR count). The van der Waals surface area contributed by atoms with Crippen LogP contribution in [0.4, 0.5) is 0 Å². The van der Waals surface area contributed by atoms with Crippen LogP contribution in [0.2, 0.25) is 0 Å². The molecular weight excluding hydrogens is 222 g/mol. The largest absolute Gasteiger partial charge is 0.479 e. The molecule has 0 saturated heterocycles. The summed E-state index contributed by atoms with van der Waals surface area (Å²) in [5.41, 5.74) is -0.495. The van der Waals surface area contributed by atoms with Gasteiger partial charge in [-0.05, 0) is 12.3 Å². The van der Waals surface area contributed by atoms with E-state index in [4.69, 9.17) is 9.84 Å². The molecule has 1 unspecified atom stereocenters. The number of methoxy groups -OCH3 is 1. The summed E-state index contributed by atoms with van der Waals surface area (Å²) in [5.74, 6) is -0.808. The second-order valence-electron chi connectivity index (χ2n) is 5.25. The number of carbonyl (C=O) groups is 2. The first-order chi connectivity index (χ1) is 7.70. The van der Waals surface area contributed by atoms with Crippen molar-refractivity contribution in [2.24, 2.45) is 11.3 Å². The maximum Gasteiger partial charge on any atom is 0.334 e. The van der Waals surface area contributed by atoms with Crippen LogP contribution in [0.25, 0.3) is 0 Å². The molecule has 0 radical (unpaired) electrons. The van der Waals surface area contributed by atoms with Gasteiger partial charge in [0.15, 0.2) is 6.10 Å². The smallest absolute Gasteiger partial charge is 0.334 e. The first-order valence-corrected chi connectivity index (χ1v) is 5.74. The Hall–Kier alpha value is -1.10. The van der Waals surface area contributed by atoms with Gasteiger partial charge in [0.1, 0.15) is 0 Å². The summed E-state index contributed by atoms with van der Waals surface area (Å²) in [5, 5.41) is 11.4. The molecule has 0 aromatic heterocycles. The van der Waals surface area contributed by atoms with Crippen molar-refractivity contribution in [3.05, 3.63) is 0 Å². The third-order valence-corrected chi connectivity index (χ3v) is 2.54. The Bertz CT molecular complexity index is 274. The minimum absolute atomic E-state index is 0.00775. The molecule has 0 aliphatic heterocycles. The van der Waals surface area contributed by atoms with Crippen molar-refractivity contribution in [3.63, 3.8) is 0 Å². The number of ether oxygens (including phenoxy) is 1. The highest BCUT2D eigenvalue weighted by atomic mass is 16.5. The maximum atomic E-state index is 11.9. The number of carbonyl (C=O) groups excluding carboxylic acids is 1. The molecule has 0 aliphatic rings. The molecule has 0 fully saturated rings. The number of rotatable bonds is 7. The topological polar surface area (TPSA) is 75.6 Å². The molecule has 17 heavy (non-hydrogen) atoms. The van der Waals surface area contributed by atoms with E-state index in [1.54, 1.807) is 0 Å². The molecule has 2 N–H and O–H groups in total. The van der Waals surface area contributed by atoms with Crippen molar-refractivity contribution in [3.8, 4) is 0 Å². The number of carboxylic acid groups (broad SMARTS) is 1. The summed E-state index contributed by atoms with van der Waals surface area (Å²) in [6.45, 7) is 7.79. The average molecular weight is 245 g/mol. The highest BCUT2D eigenvalue weighted by Crippen LogP contribution is 2.25. The summed E-state index contributed by atoms with van der Waals surface area (Å²) in [6, 6.07) is 0. The van der Waals surface area contributed by atoms with E-state index in [9.17, 15) is 9.59 Å². The highest BCUT2D eigenvalue weighted by Gasteiger charge is 2.29. The van der Waals surface area contributed by atoms with Crippen molar-refractivity contribution < 1.29 is 19.4 Å². The molecule has 0 heterocycles. The van der Waals surface area contributed by atoms with Gasteiger partial charge in [-0.2, -0.15) is 0 Å². The lowest BCUT2D eigenvalue weighted by molar-refractivity contribution is -0.148. The molecule has 0 aromatic rings. The van der Waals surface area contributed by atoms with Crippen molar-refractivity contribution in [1.29, 1.82) is 0 Å². The van der Waals surface area contributed by atoms with Gasteiger partial charge in [0, 0.05) is 12.5 Å². The van der Waals surface area contributed by atoms with E-state index in [1.807, 2.05) is 27.7 Å². The molecule has 5 heteroatoms. The van der Waals surface area contributed by atoms with Crippen molar-refractivity contribution in [1.82, 2.24) is 5.32 Å². The van der Waals surface area contributed by atoms with Crippen LogP contribution in [0.5, 0.6) is 0 Å². The Balaban J connectivity index is 4.30. The minimum atomic E-state index is -1.07. The Labute approximate surface area is 103 Å². The quantitative estimate of drug-likeness (QED) is 0.708. The Morgan fingerprint density at radius 2 is 1.88 bits per heavy atom. The van der Waals surface area contributed by atoms with Gasteiger partial charge in [0.2, 0.25) is 5.91 Å². The lowest BCUT2D eigenvalue weighted by Gasteiger charge is -2.26. The first kappa shape index (κ1) is 15.9. The van der Waals surface area contributed by atoms with Crippen molar-refractivity contribution in [2.75, 3.05) is 13.7 Å². The standard InChI is InChI=1S/C12H23NO4/c1-8(2)6-12(3,4)11(16)13-7-9(17-5)10(14)15/h8-9H,6-7H2,1-5H3,(H,13,16)(H,14,15). The fourth-order valence-corrected chi connectivity index (χ4v) is 1.81. The zero-order chi connectivity index (χ0) is 13.6. The van der Waals surface area contributed by atoms with Crippen LogP contribution in [0.3, 0.4) is 0 Å². The van der Waals surface area contributed by atoms with E-state index in [2.05, 4.69) is 5.32 Å². The van der Waals surface area contributed by atoms with Gasteiger partial charge >= 0.3 is 5.97 Å². The molecule has 0 bridgehead atoms. The first-order valence-electron chi connectivity index (χ1n) is 5.74. The second kappa shape index (κ2) is 6.59. The molecule has 0 aromatic carbocycles. The monoisotopic (exact) mass is 245 g/mol. The van der Waals surface area contributed by atoms with Gasteiger partial charge in [-0.15, -0.1) is 0 Å². The van der Waals surface area contributed by atoms with Gasteiger partial charge in [-0.25, -0.2) is 4.79 Å². The van der Waals surface area contributed by atoms with Crippen LogP contribution < -0.4 is 5.32 Å². The van der Waals surface area contributed by atoms with Gasteiger partial charge in [-0.1, -0.05) is 27.7 Å². The molecule has 0 saturated carbocycles. The van der Waals surface area contributed by atoms with Crippen molar-refractivity contribution in [2.45, 2.75) is 40.2 Å². The van der Waals surface area contributed by atoms with E-state index in [1.165, 1.54) is 7.11 Å². The van der Waals surface area contributed by atoms with Crippen molar-refractivity contribution >= 4 is 11.9 Å². The van der Waals surface area contributed by atoms with Gasteiger partial charge in [-0.3, -0.25) is 4.79 Å². The predicted molar refractivity (Wildman–Crippen MR) is 64.7 cm³/mol. The fourth-order valence-electron chi connectivity index (χ4n) is 1.81. The van der Waals surface area contributed by atoms with Crippen LogP contribution in [0, 0.1) is 11.3 Å². The third kappa shape index (κ3) is 5.68. The molecule has 0 spiro atoms. The fraction of sp³-hybridized carbons (Fsp3) is 0.833. The normalized spacial score (nSPS) is 13.5. The number of nitrogens with one attached hydrogen (secondary N) is 1. The summed E-state index contributed by atoms with van der Waals surface area (Å²) < 4.78 is 4.74. The van der Waals surface area contributed by atoms with E-state index in [0.717, 1.165) is 6.42 Å². The lowest BCUT2D eigenvalue weighted by Crippen LogP contribution is -2.43. The molecule has 100 valence electrons. The second-order valence-corrected chi connectivity index (χ2v) is 5.25. The van der Waals surface area contributed by atoms with E-state index in [-0.39, 0.29) is 12.5 Å². The summed E-state index contributed by atoms with van der Waals surface area (Å²) in [6.07, 6.45) is -0.238. The Morgan fingerprint density at radius 1 is 1.35 bits per heavy atom. The van der Waals surface area contributed by atoms with Gasteiger partial charge < -0.3 is 15.2 Å². The van der Waals surface area contributed by atoms with Gasteiger partial charge in [0.25, 0.3) is 0 Å². The van der Waals surface area contributed by atoms with E-state index < -0.39 is 17.5 Å². The van der Waals surface area contributed by atoms with E-state index >= 15 is 0 Å². The number of hydrogen-bond donors (Lipinski definition) is 2. The molecule has 0 aliphatic carbocycles. The molecular formula is C12H23NO4. The predicted octanol–water partition coefficient (Wildman–Crippen LogP) is 1.27. The zero-order valence-corrected chi connectivity index (χ0v) is 11.2. The zero-order valence-electron chi connectivity index (χ0n) is 11.2. The maximum absolute atomic E-state index is 11.9. The van der Waals surface area contributed by atoms with Crippen LogP contribution in [-0.2, 0) is 14.3 Å². The number of carboxylic acids is 1. The van der Waals surface area contributed by atoms with Crippen LogP contribution in [0.15, 0.2) is 0 Å². The van der Waals surface area contributed by atoms with Gasteiger partial charge in [0.05, 0.1) is 6.54 Å². The Kier molecular flexibility index (Phi) is 6.16. The van der Waals surface area contributed by atoms with Crippen LogP contribution >= 0.6 is 0 Å². The number of amides is 1. The van der Waals surface area contributed by atoms with Crippen LogP contribution in [0.1, 0.15) is 34.1 Å². The molecule has 1 amide bonds. The average Bonchev–Trinajstić information content (AvgIpc) is 2.15. The molecule has 5 nitrogen and oxygen atoms in total. The highest BCUT2D eigenvalue weighted by molar-refractivity contribution is 5.82. The summed E-state index contributed by atoms with van der Waals surface area (Å²) in [7, 11) is 1.31. The SMILES string of the molecule is COC(CNC(=O)C(C)(C)CC(C)C)C(=O)O. The van der Waals surface area contributed by atoms with E-state index in [0.29, 0.717) is 5.92 Å². The molecule has 1 atom stereocenters. The number of aliphatic carboxylic acids is 1. The van der Waals surface area contributed by atoms with Crippen LogP contribution in [-0.4, -0.2) is 36.7 Å².